The van der Waals surface area contributed by atoms with E-state index in [0.29, 0.717) is 11.8 Å². The second-order valence-electron chi connectivity index (χ2n) is 4.36. The minimum absolute atomic E-state index is 0.255. The van der Waals surface area contributed by atoms with Crippen molar-refractivity contribution >= 4 is 11.9 Å². The fourth-order valence-electron chi connectivity index (χ4n) is 3.21. The van der Waals surface area contributed by atoms with Crippen molar-refractivity contribution in [3.8, 4) is 0 Å². The first-order chi connectivity index (χ1) is 7.20. The Labute approximate surface area is 88.9 Å². The van der Waals surface area contributed by atoms with Crippen molar-refractivity contribution in [3.05, 3.63) is 0 Å². The van der Waals surface area contributed by atoms with E-state index in [2.05, 4.69) is 0 Å². The summed E-state index contributed by atoms with van der Waals surface area (Å²) in [6, 6.07) is 0. The smallest absolute Gasteiger partial charge is 0.309 e. The third-order valence-corrected chi connectivity index (χ3v) is 3.88. The van der Waals surface area contributed by atoms with Gasteiger partial charge in [-0.15, -0.1) is 0 Å². The Morgan fingerprint density at radius 2 is 1.33 bits per heavy atom. The lowest BCUT2D eigenvalue weighted by Crippen LogP contribution is -2.52. The highest BCUT2D eigenvalue weighted by Gasteiger charge is 2.59. The Hall–Kier alpha value is -1.06. The number of rotatable bonds is 2. The molecule has 2 saturated carbocycles. The van der Waals surface area contributed by atoms with E-state index in [9.17, 15) is 9.59 Å². The summed E-state index contributed by atoms with van der Waals surface area (Å²) in [5.41, 5.74) is 0. The molecule has 0 bridgehead atoms. The zero-order chi connectivity index (χ0) is 11.0. The Morgan fingerprint density at radius 3 is 1.67 bits per heavy atom. The molecule has 4 nitrogen and oxygen atoms in total. The summed E-state index contributed by atoms with van der Waals surface area (Å²) in [6.07, 6.45) is 3.19. The molecule has 0 radical (unpaired) electrons. The number of hydrogen-bond acceptors (Lipinski definition) is 4. The fourth-order valence-corrected chi connectivity index (χ4v) is 3.21. The third-order valence-electron chi connectivity index (χ3n) is 3.88. The molecule has 2 fully saturated rings. The van der Waals surface area contributed by atoms with Gasteiger partial charge in [0.1, 0.15) is 0 Å². The van der Waals surface area contributed by atoms with E-state index in [0.717, 1.165) is 19.3 Å². The average molecular weight is 212 g/mol. The molecule has 0 aromatic rings. The second kappa shape index (κ2) is 3.83. The van der Waals surface area contributed by atoms with Crippen LogP contribution < -0.4 is 0 Å². The molecule has 15 heavy (non-hydrogen) atoms. The molecular weight excluding hydrogens is 196 g/mol. The van der Waals surface area contributed by atoms with Crippen molar-refractivity contribution in [3.63, 3.8) is 0 Å². The number of carbonyl (C=O) groups excluding carboxylic acids is 2. The molecule has 0 aromatic heterocycles. The average Bonchev–Trinajstić information content (AvgIpc) is 2.62. The molecule has 84 valence electrons. The monoisotopic (exact) mass is 212 g/mol. The lowest BCUT2D eigenvalue weighted by Gasteiger charge is -2.45. The van der Waals surface area contributed by atoms with Crippen LogP contribution >= 0.6 is 0 Å². The molecule has 0 aromatic carbocycles. The van der Waals surface area contributed by atoms with E-state index < -0.39 is 0 Å². The van der Waals surface area contributed by atoms with E-state index in [1.807, 2.05) is 0 Å². The SMILES string of the molecule is COC(=O)[C@@H]1[C@H]2CCC[C@H]2[C@@H]1C(=O)OC. The second-order valence-corrected chi connectivity index (χ2v) is 4.36. The van der Waals surface area contributed by atoms with Gasteiger partial charge in [-0.1, -0.05) is 6.42 Å². The maximum absolute atomic E-state index is 11.5. The number of methoxy groups -OCH3 is 2. The number of carbonyl (C=O) groups is 2. The Kier molecular flexibility index (Phi) is 2.67. The first kappa shape index (κ1) is 10.5. The van der Waals surface area contributed by atoms with Crippen molar-refractivity contribution in [1.29, 1.82) is 0 Å². The van der Waals surface area contributed by atoms with Gasteiger partial charge in [0.05, 0.1) is 26.1 Å². The van der Waals surface area contributed by atoms with E-state index in [1.165, 1.54) is 14.2 Å². The van der Waals surface area contributed by atoms with Crippen LogP contribution in [0.1, 0.15) is 19.3 Å². The summed E-state index contributed by atoms with van der Waals surface area (Å²) in [5.74, 6) is -0.324. The number of fused-ring (bicyclic) bond motifs is 1. The number of esters is 2. The molecule has 4 heteroatoms. The minimum atomic E-state index is -0.256. The molecular formula is C11H16O4. The molecule has 2 aliphatic rings. The van der Waals surface area contributed by atoms with Crippen molar-refractivity contribution in [2.24, 2.45) is 23.7 Å². The Morgan fingerprint density at radius 1 is 0.933 bits per heavy atom. The van der Waals surface area contributed by atoms with E-state index in [4.69, 9.17) is 9.47 Å². The molecule has 0 heterocycles. The van der Waals surface area contributed by atoms with Gasteiger partial charge in [-0.25, -0.2) is 0 Å². The van der Waals surface area contributed by atoms with Gasteiger partial charge >= 0.3 is 11.9 Å². The van der Waals surface area contributed by atoms with E-state index >= 15 is 0 Å². The molecule has 0 saturated heterocycles. The largest absolute Gasteiger partial charge is 0.469 e. The van der Waals surface area contributed by atoms with Gasteiger partial charge in [-0.3, -0.25) is 9.59 Å². The maximum atomic E-state index is 11.5. The van der Waals surface area contributed by atoms with Gasteiger partial charge in [0, 0.05) is 0 Å². The van der Waals surface area contributed by atoms with Crippen molar-refractivity contribution in [2.75, 3.05) is 14.2 Å². The molecule has 0 amide bonds. The van der Waals surface area contributed by atoms with Crippen LogP contribution in [0.15, 0.2) is 0 Å². The molecule has 0 aliphatic heterocycles. The predicted octanol–water partition coefficient (Wildman–Crippen LogP) is 0.995. The molecule has 0 N–H and O–H groups in total. The van der Waals surface area contributed by atoms with Crippen LogP contribution in [0.25, 0.3) is 0 Å². The minimum Gasteiger partial charge on any atom is -0.469 e. The van der Waals surface area contributed by atoms with Crippen molar-refractivity contribution in [1.82, 2.24) is 0 Å². The number of hydrogen-bond donors (Lipinski definition) is 0. The van der Waals surface area contributed by atoms with Crippen molar-refractivity contribution in [2.45, 2.75) is 19.3 Å². The summed E-state index contributed by atoms with van der Waals surface area (Å²) in [5, 5.41) is 0. The Balaban J connectivity index is 2.13. The first-order valence-electron chi connectivity index (χ1n) is 5.36. The summed E-state index contributed by atoms with van der Waals surface area (Å²) >= 11 is 0. The van der Waals surface area contributed by atoms with Crippen LogP contribution in [0.4, 0.5) is 0 Å². The molecule has 0 spiro atoms. The highest BCUT2D eigenvalue weighted by Crippen LogP contribution is 2.56. The summed E-state index contributed by atoms with van der Waals surface area (Å²) in [7, 11) is 2.75. The lowest BCUT2D eigenvalue weighted by molar-refractivity contribution is -0.176. The molecule has 4 atom stereocenters. The van der Waals surface area contributed by atoms with Crippen molar-refractivity contribution < 1.29 is 19.1 Å². The van der Waals surface area contributed by atoms with Crippen LogP contribution in [0, 0.1) is 23.7 Å². The summed E-state index contributed by atoms with van der Waals surface area (Å²) in [6.45, 7) is 0. The topological polar surface area (TPSA) is 52.6 Å². The standard InChI is InChI=1S/C11H16O4/c1-14-10(12)8-6-4-3-5-7(6)9(8)11(13)15-2/h6-9H,3-5H2,1-2H3/t6-,7+,8+,9-. The van der Waals surface area contributed by atoms with Crippen LogP contribution in [-0.2, 0) is 19.1 Å². The van der Waals surface area contributed by atoms with E-state index in [1.54, 1.807) is 0 Å². The van der Waals surface area contributed by atoms with Gasteiger partial charge in [-0.2, -0.15) is 0 Å². The normalized spacial score (nSPS) is 37.7. The summed E-state index contributed by atoms with van der Waals surface area (Å²) < 4.78 is 9.48. The number of ether oxygens (including phenoxy) is 2. The maximum Gasteiger partial charge on any atom is 0.309 e. The third kappa shape index (κ3) is 1.43. The van der Waals surface area contributed by atoms with Crippen LogP contribution in [0.2, 0.25) is 0 Å². The summed E-state index contributed by atoms with van der Waals surface area (Å²) in [4.78, 5) is 23.1. The van der Waals surface area contributed by atoms with Crippen LogP contribution in [0.3, 0.4) is 0 Å². The van der Waals surface area contributed by atoms with E-state index in [-0.39, 0.29) is 23.8 Å². The fraction of sp³-hybridized carbons (Fsp3) is 0.818. The quantitative estimate of drug-likeness (QED) is 0.641. The van der Waals surface area contributed by atoms with Gasteiger partial charge < -0.3 is 9.47 Å². The predicted molar refractivity (Wildman–Crippen MR) is 51.8 cm³/mol. The van der Waals surface area contributed by atoms with Gasteiger partial charge in [0.25, 0.3) is 0 Å². The lowest BCUT2D eigenvalue weighted by atomic mass is 9.58. The first-order valence-corrected chi connectivity index (χ1v) is 5.36. The van der Waals surface area contributed by atoms with Gasteiger partial charge in [-0.05, 0) is 24.7 Å². The zero-order valence-corrected chi connectivity index (χ0v) is 9.06. The molecule has 2 rings (SSSR count). The van der Waals surface area contributed by atoms with Crippen LogP contribution in [0.5, 0.6) is 0 Å². The Bertz CT molecular complexity index is 258. The zero-order valence-electron chi connectivity index (χ0n) is 9.06. The molecule has 0 unspecified atom stereocenters. The highest BCUT2D eigenvalue weighted by molar-refractivity contribution is 5.84. The van der Waals surface area contributed by atoms with Gasteiger partial charge in [0.15, 0.2) is 0 Å². The molecule has 2 aliphatic carbocycles. The highest BCUT2D eigenvalue weighted by atomic mass is 16.5. The van der Waals surface area contributed by atoms with Crippen LogP contribution in [-0.4, -0.2) is 26.2 Å². The van der Waals surface area contributed by atoms with Gasteiger partial charge in [0.2, 0.25) is 0 Å².